The standard InChI is InChI=1S/C37H34N4O3/c1-40(2)28-19-15-25(16-20-28)34-35(26-17-21-29(22-18-26)41(3)4)39-37(38-34)27-23-32(43-30-11-7-5-8-12-30)36(42)33(24-27)44-31-13-9-6-10-14-31/h5-24,42H,1-4H3,(H,38,39). The highest BCUT2D eigenvalue weighted by Crippen LogP contribution is 2.45. The van der Waals surface area contributed by atoms with E-state index in [9.17, 15) is 5.11 Å². The van der Waals surface area contributed by atoms with Crippen molar-refractivity contribution >= 4 is 11.4 Å². The first-order valence-corrected chi connectivity index (χ1v) is 14.3. The van der Waals surface area contributed by atoms with Gasteiger partial charge < -0.3 is 29.4 Å². The smallest absolute Gasteiger partial charge is 0.202 e. The molecule has 0 aliphatic heterocycles. The van der Waals surface area contributed by atoms with E-state index >= 15 is 0 Å². The molecule has 1 heterocycles. The van der Waals surface area contributed by atoms with Gasteiger partial charge in [-0.05, 0) is 60.7 Å². The Kier molecular flexibility index (Phi) is 7.93. The van der Waals surface area contributed by atoms with Gasteiger partial charge in [0.2, 0.25) is 5.75 Å². The van der Waals surface area contributed by atoms with Gasteiger partial charge in [0.25, 0.3) is 0 Å². The number of hydrogen-bond acceptors (Lipinski definition) is 6. The fourth-order valence-corrected chi connectivity index (χ4v) is 4.88. The summed E-state index contributed by atoms with van der Waals surface area (Å²) >= 11 is 0. The minimum atomic E-state index is -0.105. The predicted molar refractivity (Wildman–Crippen MR) is 178 cm³/mol. The number of phenolic OH excluding ortho intramolecular Hbond substituents is 1. The third kappa shape index (κ3) is 6.08. The lowest BCUT2D eigenvalue weighted by Crippen LogP contribution is -2.08. The van der Waals surface area contributed by atoms with E-state index in [4.69, 9.17) is 14.5 Å². The van der Waals surface area contributed by atoms with Crippen molar-refractivity contribution in [2.24, 2.45) is 0 Å². The van der Waals surface area contributed by atoms with Gasteiger partial charge in [-0.25, -0.2) is 4.98 Å². The van der Waals surface area contributed by atoms with Crippen LogP contribution in [0.25, 0.3) is 33.9 Å². The first-order chi connectivity index (χ1) is 21.4. The van der Waals surface area contributed by atoms with Gasteiger partial charge in [0.15, 0.2) is 11.5 Å². The number of benzene rings is 5. The number of aromatic nitrogens is 2. The Bertz CT molecular complexity index is 1720. The van der Waals surface area contributed by atoms with E-state index in [0.29, 0.717) is 22.9 Å². The number of nitrogens with zero attached hydrogens (tertiary/aromatic N) is 3. The highest BCUT2D eigenvalue weighted by Gasteiger charge is 2.20. The highest BCUT2D eigenvalue weighted by molar-refractivity contribution is 5.83. The molecule has 0 radical (unpaired) electrons. The summed E-state index contributed by atoms with van der Waals surface area (Å²) in [5.74, 6) is 2.20. The normalized spacial score (nSPS) is 10.8. The quantitative estimate of drug-likeness (QED) is 0.177. The van der Waals surface area contributed by atoms with Crippen LogP contribution in [0.15, 0.2) is 121 Å². The van der Waals surface area contributed by atoms with Crippen LogP contribution < -0.4 is 19.3 Å². The van der Waals surface area contributed by atoms with Gasteiger partial charge in [-0.1, -0.05) is 60.7 Å². The molecule has 7 heteroatoms. The number of rotatable bonds is 9. The third-order valence-corrected chi connectivity index (χ3v) is 7.29. The largest absolute Gasteiger partial charge is 0.502 e. The topological polar surface area (TPSA) is 73.9 Å². The van der Waals surface area contributed by atoms with Crippen molar-refractivity contribution in [3.05, 3.63) is 121 Å². The van der Waals surface area contributed by atoms with Crippen molar-refractivity contribution in [2.45, 2.75) is 0 Å². The monoisotopic (exact) mass is 582 g/mol. The van der Waals surface area contributed by atoms with Crippen molar-refractivity contribution in [1.82, 2.24) is 9.97 Å². The molecular weight excluding hydrogens is 548 g/mol. The Labute approximate surface area is 257 Å². The number of para-hydroxylation sites is 2. The fourth-order valence-electron chi connectivity index (χ4n) is 4.88. The average molecular weight is 583 g/mol. The average Bonchev–Trinajstić information content (AvgIpc) is 3.50. The molecule has 0 amide bonds. The zero-order valence-corrected chi connectivity index (χ0v) is 25.2. The fraction of sp³-hybridized carbons (Fsp3) is 0.108. The van der Waals surface area contributed by atoms with Gasteiger partial charge in [0.05, 0.1) is 11.4 Å². The Balaban J connectivity index is 1.49. The molecule has 6 rings (SSSR count). The van der Waals surface area contributed by atoms with E-state index in [1.807, 2.05) is 88.9 Å². The molecule has 0 saturated heterocycles. The van der Waals surface area contributed by atoms with Crippen LogP contribution in [0.4, 0.5) is 11.4 Å². The van der Waals surface area contributed by atoms with Gasteiger partial charge >= 0.3 is 0 Å². The Hall–Kier alpha value is -5.69. The van der Waals surface area contributed by atoms with Crippen LogP contribution >= 0.6 is 0 Å². The summed E-state index contributed by atoms with van der Waals surface area (Å²) in [7, 11) is 8.09. The van der Waals surface area contributed by atoms with Gasteiger partial charge in [-0.15, -0.1) is 0 Å². The van der Waals surface area contributed by atoms with Crippen molar-refractivity contribution < 1.29 is 14.6 Å². The maximum atomic E-state index is 11.3. The second-order valence-corrected chi connectivity index (χ2v) is 10.8. The van der Waals surface area contributed by atoms with E-state index in [1.165, 1.54) is 0 Å². The number of nitrogens with one attached hydrogen (secondary N) is 1. The van der Waals surface area contributed by atoms with E-state index in [1.54, 1.807) is 12.1 Å². The molecule has 0 saturated carbocycles. The Morgan fingerprint density at radius 2 is 1.02 bits per heavy atom. The molecule has 0 aliphatic rings. The molecule has 0 unspecified atom stereocenters. The summed E-state index contributed by atoms with van der Waals surface area (Å²) in [6, 6.07) is 38.9. The maximum absolute atomic E-state index is 11.3. The number of ether oxygens (including phenoxy) is 2. The number of phenols is 1. The van der Waals surface area contributed by atoms with Gasteiger partial charge in [-0.3, -0.25) is 0 Å². The minimum absolute atomic E-state index is 0.105. The molecule has 0 fully saturated rings. The summed E-state index contributed by atoms with van der Waals surface area (Å²) in [6.45, 7) is 0. The Morgan fingerprint density at radius 3 is 1.48 bits per heavy atom. The summed E-state index contributed by atoms with van der Waals surface area (Å²) in [6.07, 6.45) is 0. The van der Waals surface area contributed by atoms with Gasteiger partial charge in [0, 0.05) is 56.3 Å². The van der Waals surface area contributed by atoms with Gasteiger partial charge in [-0.2, -0.15) is 0 Å². The molecule has 0 aliphatic carbocycles. The summed E-state index contributed by atoms with van der Waals surface area (Å²) in [4.78, 5) is 12.8. The number of aromatic amines is 1. The predicted octanol–water partition coefficient (Wildman–Crippen LogP) is 8.83. The van der Waals surface area contributed by atoms with Crippen LogP contribution in [0.1, 0.15) is 0 Å². The van der Waals surface area contributed by atoms with Crippen LogP contribution in [-0.2, 0) is 0 Å². The Morgan fingerprint density at radius 1 is 0.568 bits per heavy atom. The molecule has 2 N–H and O–H groups in total. The molecule has 44 heavy (non-hydrogen) atoms. The first kappa shape index (κ1) is 28.4. The van der Waals surface area contributed by atoms with E-state index in [2.05, 4.69) is 63.3 Å². The zero-order valence-electron chi connectivity index (χ0n) is 25.2. The highest BCUT2D eigenvalue weighted by atomic mass is 16.5. The second kappa shape index (κ2) is 12.3. The lowest BCUT2D eigenvalue weighted by atomic mass is 10.0. The van der Waals surface area contributed by atoms with Crippen LogP contribution in [0.3, 0.4) is 0 Å². The van der Waals surface area contributed by atoms with Crippen LogP contribution in [0.2, 0.25) is 0 Å². The van der Waals surface area contributed by atoms with Crippen LogP contribution in [-0.4, -0.2) is 43.3 Å². The number of hydrogen-bond donors (Lipinski definition) is 2. The minimum Gasteiger partial charge on any atom is -0.502 e. The molecule has 1 aromatic heterocycles. The van der Waals surface area contributed by atoms with Crippen molar-refractivity contribution in [2.75, 3.05) is 38.0 Å². The number of H-pyrrole nitrogens is 1. The van der Waals surface area contributed by atoms with Crippen molar-refractivity contribution in [3.63, 3.8) is 0 Å². The second-order valence-electron chi connectivity index (χ2n) is 10.8. The van der Waals surface area contributed by atoms with E-state index in [-0.39, 0.29) is 17.2 Å². The lowest BCUT2D eigenvalue weighted by molar-refractivity contribution is 0.378. The summed E-state index contributed by atoms with van der Waals surface area (Å²) in [5, 5.41) is 11.3. The molecule has 220 valence electrons. The first-order valence-electron chi connectivity index (χ1n) is 14.3. The van der Waals surface area contributed by atoms with Gasteiger partial charge in [0.1, 0.15) is 17.3 Å². The molecule has 0 atom stereocenters. The molecule has 0 spiro atoms. The molecule has 7 nitrogen and oxygen atoms in total. The number of imidazole rings is 1. The SMILES string of the molecule is CN(C)c1ccc(-c2nc(-c3cc(Oc4ccccc4)c(O)c(Oc4ccccc4)c3)[nH]c2-c2ccc(N(C)C)cc2)cc1. The lowest BCUT2D eigenvalue weighted by Gasteiger charge is -2.14. The summed E-state index contributed by atoms with van der Waals surface area (Å²) < 4.78 is 12.3. The maximum Gasteiger partial charge on any atom is 0.202 e. The summed E-state index contributed by atoms with van der Waals surface area (Å²) in [5.41, 5.74) is 6.58. The number of anilines is 2. The molecule has 6 aromatic rings. The van der Waals surface area contributed by atoms with E-state index in [0.717, 1.165) is 33.9 Å². The van der Waals surface area contributed by atoms with Crippen LogP contribution in [0.5, 0.6) is 28.7 Å². The molecule has 5 aromatic carbocycles. The number of aromatic hydroxyl groups is 1. The zero-order chi connectivity index (χ0) is 30.6. The van der Waals surface area contributed by atoms with Crippen molar-refractivity contribution in [1.29, 1.82) is 0 Å². The van der Waals surface area contributed by atoms with E-state index < -0.39 is 0 Å². The third-order valence-electron chi connectivity index (χ3n) is 7.29. The molecule has 0 bridgehead atoms. The van der Waals surface area contributed by atoms with Crippen LogP contribution in [0, 0.1) is 0 Å². The van der Waals surface area contributed by atoms with Crippen molar-refractivity contribution in [3.8, 4) is 62.7 Å². The molecular formula is C37H34N4O3.